The lowest BCUT2D eigenvalue weighted by molar-refractivity contribution is 0.0951. The maximum atomic E-state index is 12.8. The highest BCUT2D eigenvalue weighted by Crippen LogP contribution is 2.35. The molecule has 2 N–H and O–H groups in total. The Morgan fingerprint density at radius 1 is 0.978 bits per heavy atom. The molecule has 230 valence electrons. The van der Waals surface area contributed by atoms with Gasteiger partial charge >= 0.3 is 0 Å². The van der Waals surface area contributed by atoms with Gasteiger partial charge in [-0.25, -0.2) is 9.97 Å². The van der Waals surface area contributed by atoms with E-state index in [4.69, 9.17) is 33.2 Å². The zero-order valence-electron chi connectivity index (χ0n) is 25.3. The lowest BCUT2D eigenvalue weighted by atomic mass is 9.95. The summed E-state index contributed by atoms with van der Waals surface area (Å²) in [4.78, 5) is 29.7. The van der Waals surface area contributed by atoms with Crippen LogP contribution in [0.15, 0.2) is 89.6 Å². The molecule has 0 atom stereocenters. The Bertz CT molecular complexity index is 1750. The highest BCUT2D eigenvalue weighted by atomic mass is 35.5. The third-order valence-electron chi connectivity index (χ3n) is 8.36. The molecule has 7 nitrogen and oxygen atoms in total. The van der Waals surface area contributed by atoms with E-state index < -0.39 is 0 Å². The second-order valence-corrected chi connectivity index (χ2v) is 12.2. The first kappa shape index (κ1) is 31.0. The van der Waals surface area contributed by atoms with Gasteiger partial charge in [0.15, 0.2) is 0 Å². The third kappa shape index (κ3) is 7.44. The molecular formula is C36H36Cl2N6O. The average molecular weight is 640 g/mol. The Morgan fingerprint density at radius 2 is 1.82 bits per heavy atom. The monoisotopic (exact) mass is 638 g/mol. The van der Waals surface area contributed by atoms with Crippen LogP contribution in [0.4, 0.5) is 11.6 Å². The Hall–Kier alpha value is -4.04. The molecule has 9 heteroatoms. The quantitative estimate of drug-likeness (QED) is 0.150. The highest BCUT2D eigenvalue weighted by molar-refractivity contribution is 6.36. The Kier molecular flexibility index (Phi) is 9.89. The minimum absolute atomic E-state index is 0.0699. The molecule has 0 aliphatic carbocycles. The predicted octanol–water partition coefficient (Wildman–Crippen LogP) is 8.10. The van der Waals surface area contributed by atoms with Gasteiger partial charge in [0.2, 0.25) is 5.95 Å². The van der Waals surface area contributed by atoms with Crippen molar-refractivity contribution in [3.05, 3.63) is 117 Å². The lowest BCUT2D eigenvalue weighted by Gasteiger charge is -2.19. The number of fused-ring (bicyclic) bond motifs is 3. The van der Waals surface area contributed by atoms with Gasteiger partial charge in [0.05, 0.1) is 18.0 Å². The van der Waals surface area contributed by atoms with E-state index in [2.05, 4.69) is 33.5 Å². The van der Waals surface area contributed by atoms with Crippen LogP contribution in [0.5, 0.6) is 0 Å². The molecule has 0 saturated carbocycles. The van der Waals surface area contributed by atoms with Gasteiger partial charge in [-0.05, 0) is 88.2 Å². The molecule has 1 amide bonds. The van der Waals surface area contributed by atoms with Crippen molar-refractivity contribution < 1.29 is 4.79 Å². The van der Waals surface area contributed by atoms with Crippen LogP contribution < -0.4 is 10.6 Å². The number of benzene rings is 3. The van der Waals surface area contributed by atoms with Crippen molar-refractivity contribution in [3.63, 3.8) is 0 Å². The first-order valence-corrected chi connectivity index (χ1v) is 16.2. The summed E-state index contributed by atoms with van der Waals surface area (Å²) in [6.07, 6.45) is 8.57. The molecule has 2 aliphatic rings. The molecule has 0 bridgehead atoms. The number of rotatable bonds is 8. The molecule has 4 aromatic rings. The van der Waals surface area contributed by atoms with Gasteiger partial charge in [-0.15, -0.1) is 0 Å². The normalized spacial score (nSPS) is 15.8. The van der Waals surface area contributed by atoms with Crippen LogP contribution in [-0.4, -0.2) is 52.7 Å². The number of anilines is 2. The third-order valence-corrected chi connectivity index (χ3v) is 8.93. The molecular weight excluding hydrogens is 603 g/mol. The molecule has 1 saturated heterocycles. The number of carbonyl (C=O) groups is 1. The van der Waals surface area contributed by atoms with Gasteiger partial charge in [0.25, 0.3) is 5.91 Å². The topological polar surface area (TPSA) is 82.5 Å². The summed E-state index contributed by atoms with van der Waals surface area (Å²) in [6, 6.07) is 20.7. The van der Waals surface area contributed by atoms with Crippen LogP contribution in [0.3, 0.4) is 0 Å². The van der Waals surface area contributed by atoms with Crippen LogP contribution >= 0.6 is 23.2 Å². The number of carbonyl (C=O) groups excluding carboxylic acids is 1. The zero-order chi connectivity index (χ0) is 31.2. The maximum absolute atomic E-state index is 12.8. The van der Waals surface area contributed by atoms with Gasteiger partial charge in [0.1, 0.15) is 0 Å². The number of hydrogen-bond acceptors (Lipinski definition) is 6. The predicted molar refractivity (Wildman–Crippen MR) is 184 cm³/mol. The van der Waals surface area contributed by atoms with Gasteiger partial charge in [-0.2, -0.15) is 0 Å². The molecule has 3 aromatic carbocycles. The fourth-order valence-corrected chi connectivity index (χ4v) is 6.29. The van der Waals surface area contributed by atoms with Gasteiger partial charge in [-0.1, -0.05) is 59.1 Å². The van der Waals surface area contributed by atoms with Crippen LogP contribution in [0.1, 0.15) is 59.7 Å². The number of amides is 1. The zero-order valence-corrected chi connectivity index (χ0v) is 26.8. The summed E-state index contributed by atoms with van der Waals surface area (Å²) >= 11 is 13.0. The summed E-state index contributed by atoms with van der Waals surface area (Å²) in [6.45, 7) is 6.44. The van der Waals surface area contributed by atoms with Crippen molar-refractivity contribution in [3.8, 4) is 11.3 Å². The minimum atomic E-state index is -0.0699. The number of halogens is 2. The fraction of sp³-hybridized carbons (Fsp3) is 0.278. The Labute approximate surface area is 274 Å². The highest BCUT2D eigenvalue weighted by Gasteiger charge is 2.23. The SMILES string of the molecule is C/C=C1/CCCN(CCCNC(=O)c2ccc(Nc3ncc4c(n3)-c3ccc(Cl)cc3C(c3ccccc3Cl)=NC4)cc2)CC1. The smallest absolute Gasteiger partial charge is 0.251 e. The van der Waals surface area contributed by atoms with E-state index in [0.29, 0.717) is 34.6 Å². The molecule has 2 aliphatic heterocycles. The standard InChI is InChI=1S/C36H36Cl2N6O/c1-2-24-7-5-18-44(20-16-24)19-6-17-39-35(45)25-10-13-28(14-11-25)42-36-41-23-26-22-40-34(30-8-3-4-9-32(30)38)31-21-27(37)12-15-29(31)33(26)43-36/h2-4,8-15,21,23H,5-7,16-20,22H2,1H3,(H,39,45)(H,41,42,43)/b24-2-. The summed E-state index contributed by atoms with van der Waals surface area (Å²) in [5, 5.41) is 7.58. The molecule has 6 rings (SSSR count). The Balaban J connectivity index is 1.10. The van der Waals surface area contributed by atoms with Crippen LogP contribution in [0, 0.1) is 0 Å². The number of aromatic nitrogens is 2. The largest absolute Gasteiger partial charge is 0.352 e. The van der Waals surface area contributed by atoms with E-state index in [1.165, 1.54) is 12.8 Å². The summed E-state index contributed by atoms with van der Waals surface area (Å²) in [5.74, 6) is 0.377. The van der Waals surface area contributed by atoms with Crippen molar-refractivity contribution >= 4 is 46.5 Å². The summed E-state index contributed by atoms with van der Waals surface area (Å²) in [5.41, 5.74) is 8.02. The number of likely N-dealkylation sites (tertiary alicyclic amines) is 1. The molecule has 0 radical (unpaired) electrons. The van der Waals surface area contributed by atoms with Crippen molar-refractivity contribution in [2.45, 2.75) is 39.2 Å². The van der Waals surface area contributed by atoms with E-state index in [-0.39, 0.29) is 5.91 Å². The van der Waals surface area contributed by atoms with Crippen molar-refractivity contribution in [2.24, 2.45) is 4.99 Å². The van der Waals surface area contributed by atoms with E-state index in [1.54, 1.807) is 11.8 Å². The van der Waals surface area contributed by atoms with Gasteiger partial charge < -0.3 is 15.5 Å². The van der Waals surface area contributed by atoms with E-state index >= 15 is 0 Å². The number of aliphatic imine (C=N–C) groups is 1. The summed E-state index contributed by atoms with van der Waals surface area (Å²) < 4.78 is 0. The Morgan fingerprint density at radius 3 is 2.64 bits per heavy atom. The van der Waals surface area contributed by atoms with E-state index in [0.717, 1.165) is 71.8 Å². The number of allylic oxidation sites excluding steroid dienone is 1. The second kappa shape index (κ2) is 14.4. The molecule has 1 fully saturated rings. The first-order valence-electron chi connectivity index (χ1n) is 15.5. The maximum Gasteiger partial charge on any atom is 0.251 e. The van der Waals surface area contributed by atoms with E-state index in [9.17, 15) is 4.79 Å². The van der Waals surface area contributed by atoms with Crippen molar-refractivity contribution in [1.82, 2.24) is 20.2 Å². The molecule has 1 aromatic heterocycles. The van der Waals surface area contributed by atoms with Crippen LogP contribution in [0.2, 0.25) is 10.0 Å². The molecule has 0 unspecified atom stereocenters. The van der Waals surface area contributed by atoms with Gasteiger partial charge in [0, 0.05) is 62.8 Å². The van der Waals surface area contributed by atoms with Crippen molar-refractivity contribution in [2.75, 3.05) is 31.5 Å². The number of nitrogens with zero attached hydrogens (tertiary/aromatic N) is 4. The minimum Gasteiger partial charge on any atom is -0.352 e. The summed E-state index contributed by atoms with van der Waals surface area (Å²) in [7, 11) is 0. The number of nitrogens with one attached hydrogen (secondary N) is 2. The van der Waals surface area contributed by atoms with Gasteiger partial charge in [-0.3, -0.25) is 9.79 Å². The average Bonchev–Trinajstić information content (AvgIpc) is 3.38. The first-order chi connectivity index (χ1) is 22.0. The lowest BCUT2D eigenvalue weighted by Crippen LogP contribution is -2.30. The molecule has 3 heterocycles. The fourth-order valence-electron chi connectivity index (χ4n) is 5.89. The molecule has 45 heavy (non-hydrogen) atoms. The van der Waals surface area contributed by atoms with E-state index in [1.807, 2.05) is 66.7 Å². The number of hydrogen-bond donors (Lipinski definition) is 2. The van der Waals surface area contributed by atoms with Crippen molar-refractivity contribution in [1.29, 1.82) is 0 Å². The van der Waals surface area contributed by atoms with Crippen LogP contribution in [-0.2, 0) is 6.54 Å². The second-order valence-electron chi connectivity index (χ2n) is 11.4. The molecule has 0 spiro atoms. The van der Waals surface area contributed by atoms with Crippen LogP contribution in [0.25, 0.3) is 11.3 Å².